The van der Waals surface area contributed by atoms with Crippen LogP contribution in [0.15, 0.2) is 60.7 Å². The Morgan fingerprint density at radius 1 is 1.16 bits per heavy atom. The fraction of sp³-hybridized carbons (Fsp3) is 0.217. The quantitative estimate of drug-likeness (QED) is 0.449. The van der Waals surface area contributed by atoms with E-state index in [1.807, 2.05) is 37.3 Å². The summed E-state index contributed by atoms with van der Waals surface area (Å²) in [7, 11) is 1.66. The van der Waals surface area contributed by atoms with Gasteiger partial charge in [-0.1, -0.05) is 54.1 Å². The summed E-state index contributed by atoms with van der Waals surface area (Å²) in [6.07, 6.45) is 3.10. The van der Waals surface area contributed by atoms with Gasteiger partial charge in [0.2, 0.25) is 5.91 Å². The number of rotatable bonds is 8. The second-order valence-electron chi connectivity index (χ2n) is 6.98. The van der Waals surface area contributed by atoms with Crippen LogP contribution in [0, 0.1) is 6.92 Å². The van der Waals surface area contributed by atoms with Gasteiger partial charge >= 0.3 is 6.61 Å². The Bertz CT molecular complexity index is 1050. The van der Waals surface area contributed by atoms with Crippen LogP contribution < -0.4 is 4.74 Å². The Balaban J connectivity index is 1.64. The van der Waals surface area contributed by atoms with Crippen LogP contribution in [0.3, 0.4) is 0 Å². The van der Waals surface area contributed by atoms with Gasteiger partial charge in [-0.2, -0.15) is 13.9 Å². The fourth-order valence-electron chi connectivity index (χ4n) is 3.03. The van der Waals surface area contributed by atoms with E-state index in [-0.39, 0.29) is 11.7 Å². The monoisotopic (exact) mass is 445 g/mol. The minimum Gasteiger partial charge on any atom is -0.435 e. The predicted molar refractivity (Wildman–Crippen MR) is 116 cm³/mol. The van der Waals surface area contributed by atoms with Crippen LogP contribution in [0.2, 0.25) is 5.15 Å². The van der Waals surface area contributed by atoms with E-state index in [2.05, 4.69) is 9.84 Å². The number of hydrogen-bond acceptors (Lipinski definition) is 3. The summed E-state index contributed by atoms with van der Waals surface area (Å²) < 4.78 is 30.5. The summed E-state index contributed by atoms with van der Waals surface area (Å²) in [6.45, 7) is -0.178. The molecule has 0 atom stereocenters. The molecule has 0 saturated carbocycles. The van der Waals surface area contributed by atoms with E-state index in [9.17, 15) is 13.6 Å². The van der Waals surface area contributed by atoms with Gasteiger partial charge in [0.1, 0.15) is 10.9 Å². The number of carbonyl (C=O) groups excluding carboxylic acids is 1. The third kappa shape index (κ3) is 6.15. The van der Waals surface area contributed by atoms with Gasteiger partial charge in [-0.05, 0) is 36.3 Å². The molecule has 0 spiro atoms. The van der Waals surface area contributed by atoms with Gasteiger partial charge < -0.3 is 9.64 Å². The van der Waals surface area contributed by atoms with Crippen LogP contribution in [-0.4, -0.2) is 34.2 Å². The molecule has 8 heteroatoms. The SMILES string of the molecule is Cc1nn(Cc2ccccc2)c(Cl)c1C=CC(=O)N(C)Cc1ccc(OC(F)F)cc1. The van der Waals surface area contributed by atoms with Crippen LogP contribution in [-0.2, 0) is 17.9 Å². The van der Waals surface area contributed by atoms with E-state index in [1.165, 1.54) is 23.1 Å². The third-order valence-electron chi connectivity index (χ3n) is 4.62. The van der Waals surface area contributed by atoms with Crippen molar-refractivity contribution in [3.63, 3.8) is 0 Å². The van der Waals surface area contributed by atoms with Gasteiger partial charge in [0.15, 0.2) is 0 Å². The van der Waals surface area contributed by atoms with E-state index >= 15 is 0 Å². The van der Waals surface area contributed by atoms with Gasteiger partial charge in [-0.3, -0.25) is 4.79 Å². The average molecular weight is 446 g/mol. The van der Waals surface area contributed by atoms with Crippen molar-refractivity contribution < 1.29 is 18.3 Å². The molecular formula is C23H22ClF2N3O2. The van der Waals surface area contributed by atoms with E-state index in [0.29, 0.717) is 23.8 Å². The van der Waals surface area contributed by atoms with Gasteiger partial charge in [0.25, 0.3) is 0 Å². The number of halogens is 3. The largest absolute Gasteiger partial charge is 0.435 e. The third-order valence-corrected chi connectivity index (χ3v) is 5.02. The molecule has 0 fully saturated rings. The highest BCUT2D eigenvalue weighted by Crippen LogP contribution is 2.22. The van der Waals surface area contributed by atoms with Crippen LogP contribution in [0.25, 0.3) is 6.08 Å². The van der Waals surface area contributed by atoms with Crippen molar-refractivity contribution in [1.29, 1.82) is 0 Å². The molecule has 0 aliphatic heterocycles. The highest BCUT2D eigenvalue weighted by molar-refractivity contribution is 6.31. The lowest BCUT2D eigenvalue weighted by atomic mass is 10.2. The maximum Gasteiger partial charge on any atom is 0.387 e. The zero-order chi connectivity index (χ0) is 22.4. The minimum absolute atomic E-state index is 0.0743. The standard InChI is InChI=1S/C23H22ClF2N3O2/c1-16-20(22(24)29(27-16)15-17-6-4-3-5-7-17)12-13-21(30)28(2)14-18-8-10-19(11-9-18)31-23(25)26/h3-13,23H,14-15H2,1-2H3. The van der Waals surface area contributed by atoms with E-state index in [1.54, 1.807) is 29.9 Å². The summed E-state index contributed by atoms with van der Waals surface area (Å²) >= 11 is 6.48. The lowest BCUT2D eigenvalue weighted by molar-refractivity contribution is -0.125. The number of ether oxygens (including phenoxy) is 1. The van der Waals surface area contributed by atoms with Crippen molar-refractivity contribution >= 4 is 23.6 Å². The van der Waals surface area contributed by atoms with Gasteiger partial charge in [-0.15, -0.1) is 0 Å². The van der Waals surface area contributed by atoms with E-state index < -0.39 is 6.61 Å². The molecule has 0 unspecified atom stereocenters. The molecule has 3 rings (SSSR count). The summed E-state index contributed by atoms with van der Waals surface area (Å²) in [5.74, 6) is -0.149. The summed E-state index contributed by atoms with van der Waals surface area (Å²) in [5.41, 5.74) is 3.27. The van der Waals surface area contributed by atoms with Crippen LogP contribution in [0.5, 0.6) is 5.75 Å². The topological polar surface area (TPSA) is 47.4 Å². The zero-order valence-electron chi connectivity index (χ0n) is 17.1. The summed E-state index contributed by atoms with van der Waals surface area (Å²) in [5, 5.41) is 4.93. The molecule has 0 bridgehead atoms. The smallest absolute Gasteiger partial charge is 0.387 e. The molecule has 1 heterocycles. The number of likely N-dealkylation sites (N-methyl/N-ethyl adjacent to an activating group) is 1. The highest BCUT2D eigenvalue weighted by Gasteiger charge is 2.13. The minimum atomic E-state index is -2.87. The Morgan fingerprint density at radius 3 is 2.48 bits per heavy atom. The molecular weight excluding hydrogens is 424 g/mol. The number of aromatic nitrogens is 2. The molecule has 0 radical (unpaired) electrons. The lowest BCUT2D eigenvalue weighted by Gasteiger charge is -2.15. The van der Waals surface area contributed by atoms with Crippen molar-refractivity contribution in [2.45, 2.75) is 26.6 Å². The van der Waals surface area contributed by atoms with Crippen molar-refractivity contribution in [2.75, 3.05) is 7.05 Å². The average Bonchev–Trinajstić information content (AvgIpc) is 3.00. The number of carbonyl (C=O) groups is 1. The van der Waals surface area contributed by atoms with Crippen molar-refractivity contribution in [3.05, 3.63) is 88.2 Å². The number of benzene rings is 2. The van der Waals surface area contributed by atoms with Crippen molar-refractivity contribution in [3.8, 4) is 5.75 Å². The lowest BCUT2D eigenvalue weighted by Crippen LogP contribution is -2.24. The van der Waals surface area contributed by atoms with Gasteiger partial charge in [0.05, 0.1) is 12.2 Å². The first-order valence-electron chi connectivity index (χ1n) is 9.57. The first kappa shape index (κ1) is 22.5. The number of nitrogens with zero attached hydrogens (tertiary/aromatic N) is 3. The second-order valence-corrected chi connectivity index (χ2v) is 7.34. The normalized spacial score (nSPS) is 11.3. The fourth-order valence-corrected chi connectivity index (χ4v) is 3.32. The Hall–Kier alpha value is -3.19. The van der Waals surface area contributed by atoms with Gasteiger partial charge in [-0.25, -0.2) is 4.68 Å². The Morgan fingerprint density at radius 2 is 1.84 bits per heavy atom. The molecule has 0 saturated heterocycles. The van der Waals surface area contributed by atoms with E-state index in [0.717, 1.165) is 16.8 Å². The Kier molecular flexibility index (Phi) is 7.41. The number of alkyl halides is 2. The maximum atomic E-state index is 12.5. The summed E-state index contributed by atoms with van der Waals surface area (Å²) in [6, 6.07) is 16.0. The summed E-state index contributed by atoms with van der Waals surface area (Å²) in [4.78, 5) is 14.0. The molecule has 1 amide bonds. The second kappa shape index (κ2) is 10.2. The molecule has 0 N–H and O–H groups in total. The van der Waals surface area contributed by atoms with Crippen LogP contribution >= 0.6 is 11.6 Å². The van der Waals surface area contributed by atoms with Crippen molar-refractivity contribution in [2.24, 2.45) is 0 Å². The zero-order valence-corrected chi connectivity index (χ0v) is 17.9. The first-order valence-corrected chi connectivity index (χ1v) is 9.95. The predicted octanol–water partition coefficient (Wildman–Crippen LogP) is 5.17. The number of aryl methyl sites for hydroxylation is 1. The molecule has 3 aromatic rings. The van der Waals surface area contributed by atoms with E-state index in [4.69, 9.17) is 11.6 Å². The molecule has 31 heavy (non-hydrogen) atoms. The van der Waals surface area contributed by atoms with Gasteiger partial charge in [0, 0.05) is 25.2 Å². The molecule has 1 aromatic heterocycles. The van der Waals surface area contributed by atoms with Crippen LogP contribution in [0.4, 0.5) is 8.78 Å². The maximum absolute atomic E-state index is 12.5. The number of hydrogen-bond donors (Lipinski definition) is 0. The highest BCUT2D eigenvalue weighted by atomic mass is 35.5. The molecule has 0 aliphatic carbocycles. The Labute approximate surface area is 184 Å². The first-order chi connectivity index (χ1) is 14.8. The van der Waals surface area contributed by atoms with Crippen LogP contribution in [0.1, 0.15) is 22.4 Å². The molecule has 162 valence electrons. The molecule has 2 aromatic carbocycles. The van der Waals surface area contributed by atoms with Crippen molar-refractivity contribution in [1.82, 2.24) is 14.7 Å². The molecule has 0 aliphatic rings. The molecule has 5 nitrogen and oxygen atoms in total. The number of amides is 1.